The van der Waals surface area contributed by atoms with E-state index in [1.54, 1.807) is 62.6 Å². The number of methoxy groups -OCH3 is 1. The van der Waals surface area contributed by atoms with Crippen LogP contribution < -0.4 is 14.8 Å². The lowest BCUT2D eigenvalue weighted by molar-refractivity contribution is -0.130. The largest absolute Gasteiger partial charge is 0.496 e. The normalized spacial score (nSPS) is 9.96. The number of amides is 2. The molecule has 2 amide bonds. The van der Waals surface area contributed by atoms with E-state index in [-0.39, 0.29) is 18.4 Å². The molecule has 0 fully saturated rings. The molecule has 2 rings (SSSR count). The van der Waals surface area contributed by atoms with Crippen molar-refractivity contribution in [2.45, 2.75) is 0 Å². The van der Waals surface area contributed by atoms with Crippen molar-refractivity contribution < 1.29 is 19.1 Å². The Morgan fingerprint density at radius 2 is 1.83 bits per heavy atom. The molecule has 0 unspecified atom stereocenters. The summed E-state index contributed by atoms with van der Waals surface area (Å²) in [5.74, 6) is 0.578. The van der Waals surface area contributed by atoms with Crippen LogP contribution in [-0.2, 0) is 4.79 Å². The summed E-state index contributed by atoms with van der Waals surface area (Å²) < 4.78 is 10.6. The SMILES string of the molecule is COc1ccccc1C(=O)Nc1cccc(OCC(=O)N(C)C)c1. The molecule has 0 bridgehead atoms. The van der Waals surface area contributed by atoms with E-state index in [2.05, 4.69) is 5.32 Å². The monoisotopic (exact) mass is 328 g/mol. The fourth-order valence-electron chi connectivity index (χ4n) is 1.97. The Morgan fingerprint density at radius 3 is 2.54 bits per heavy atom. The molecule has 0 heterocycles. The summed E-state index contributed by atoms with van der Waals surface area (Å²) in [6.45, 7) is -0.0586. The van der Waals surface area contributed by atoms with Crippen LogP contribution >= 0.6 is 0 Å². The highest BCUT2D eigenvalue weighted by molar-refractivity contribution is 6.06. The summed E-state index contributed by atoms with van der Waals surface area (Å²) in [6, 6.07) is 13.8. The van der Waals surface area contributed by atoms with Crippen LogP contribution in [-0.4, -0.2) is 44.5 Å². The van der Waals surface area contributed by atoms with Gasteiger partial charge in [0.1, 0.15) is 11.5 Å². The molecule has 2 aromatic rings. The highest BCUT2D eigenvalue weighted by Crippen LogP contribution is 2.21. The highest BCUT2D eigenvalue weighted by atomic mass is 16.5. The molecule has 1 N–H and O–H groups in total. The summed E-state index contributed by atoms with van der Waals surface area (Å²) in [5.41, 5.74) is 1.01. The Labute approximate surface area is 141 Å². The van der Waals surface area contributed by atoms with E-state index in [1.165, 1.54) is 12.0 Å². The van der Waals surface area contributed by atoms with Crippen LogP contribution in [0.3, 0.4) is 0 Å². The van der Waals surface area contributed by atoms with Crippen LogP contribution in [0, 0.1) is 0 Å². The average Bonchev–Trinajstić information content (AvgIpc) is 2.59. The van der Waals surface area contributed by atoms with Gasteiger partial charge in [0.25, 0.3) is 11.8 Å². The van der Waals surface area contributed by atoms with Gasteiger partial charge in [-0.25, -0.2) is 0 Å². The molecule has 0 aliphatic rings. The van der Waals surface area contributed by atoms with Crippen LogP contribution in [0.5, 0.6) is 11.5 Å². The number of hydrogen-bond acceptors (Lipinski definition) is 4. The molecule has 0 spiro atoms. The van der Waals surface area contributed by atoms with E-state index in [9.17, 15) is 9.59 Å². The standard InChI is InChI=1S/C18H20N2O4/c1-20(2)17(21)12-24-14-8-6-7-13(11-14)19-18(22)15-9-4-5-10-16(15)23-3/h4-11H,12H2,1-3H3,(H,19,22). The van der Waals surface area contributed by atoms with E-state index in [4.69, 9.17) is 9.47 Å². The molecular weight excluding hydrogens is 308 g/mol. The van der Waals surface area contributed by atoms with Crippen LogP contribution in [0.25, 0.3) is 0 Å². The number of carbonyl (C=O) groups excluding carboxylic acids is 2. The minimum Gasteiger partial charge on any atom is -0.496 e. The molecule has 0 radical (unpaired) electrons. The number of likely N-dealkylation sites (N-methyl/N-ethyl adjacent to an activating group) is 1. The maximum Gasteiger partial charge on any atom is 0.259 e. The molecule has 0 aliphatic carbocycles. The van der Waals surface area contributed by atoms with Crippen LogP contribution in [0.1, 0.15) is 10.4 Å². The lowest BCUT2D eigenvalue weighted by atomic mass is 10.2. The molecule has 2 aromatic carbocycles. The Bertz CT molecular complexity index is 728. The topological polar surface area (TPSA) is 67.9 Å². The molecule has 6 heteroatoms. The third kappa shape index (κ3) is 4.49. The molecule has 0 aromatic heterocycles. The minimum atomic E-state index is -0.283. The molecule has 0 saturated heterocycles. The molecule has 0 atom stereocenters. The first kappa shape index (κ1) is 17.3. The van der Waals surface area contributed by atoms with Gasteiger partial charge in [0.15, 0.2) is 6.61 Å². The predicted molar refractivity (Wildman–Crippen MR) is 91.6 cm³/mol. The van der Waals surface area contributed by atoms with Gasteiger partial charge in [0, 0.05) is 25.8 Å². The third-order valence-corrected chi connectivity index (χ3v) is 3.30. The van der Waals surface area contributed by atoms with Gasteiger partial charge in [0.2, 0.25) is 0 Å². The summed E-state index contributed by atoms with van der Waals surface area (Å²) in [7, 11) is 4.84. The Hall–Kier alpha value is -3.02. The van der Waals surface area contributed by atoms with Crippen molar-refractivity contribution in [3.05, 3.63) is 54.1 Å². The smallest absolute Gasteiger partial charge is 0.259 e. The van der Waals surface area contributed by atoms with Crippen LogP contribution in [0.2, 0.25) is 0 Å². The Morgan fingerprint density at radius 1 is 1.08 bits per heavy atom. The quantitative estimate of drug-likeness (QED) is 0.884. The van der Waals surface area contributed by atoms with Crippen molar-refractivity contribution in [2.75, 3.05) is 33.1 Å². The summed E-state index contributed by atoms with van der Waals surface area (Å²) >= 11 is 0. The van der Waals surface area contributed by atoms with Crippen molar-refractivity contribution in [3.63, 3.8) is 0 Å². The van der Waals surface area contributed by atoms with Gasteiger partial charge in [-0.15, -0.1) is 0 Å². The highest BCUT2D eigenvalue weighted by Gasteiger charge is 2.12. The third-order valence-electron chi connectivity index (χ3n) is 3.30. The number of benzene rings is 2. The fraction of sp³-hybridized carbons (Fsp3) is 0.222. The second-order valence-corrected chi connectivity index (χ2v) is 5.26. The van der Waals surface area contributed by atoms with E-state index in [0.29, 0.717) is 22.7 Å². The van der Waals surface area contributed by atoms with E-state index in [0.717, 1.165) is 0 Å². The molecule has 0 saturated carbocycles. The number of para-hydroxylation sites is 1. The summed E-state index contributed by atoms with van der Waals surface area (Å²) in [5, 5.41) is 2.79. The van der Waals surface area contributed by atoms with Crippen molar-refractivity contribution in [3.8, 4) is 11.5 Å². The first-order chi connectivity index (χ1) is 11.5. The van der Waals surface area contributed by atoms with Gasteiger partial charge in [-0.2, -0.15) is 0 Å². The first-order valence-corrected chi connectivity index (χ1v) is 7.38. The maximum absolute atomic E-state index is 12.4. The van der Waals surface area contributed by atoms with Gasteiger partial charge >= 0.3 is 0 Å². The number of carbonyl (C=O) groups is 2. The van der Waals surface area contributed by atoms with E-state index < -0.39 is 0 Å². The van der Waals surface area contributed by atoms with E-state index >= 15 is 0 Å². The minimum absolute atomic E-state index is 0.0586. The number of rotatable bonds is 6. The Kier molecular flexibility index (Phi) is 5.78. The first-order valence-electron chi connectivity index (χ1n) is 7.38. The molecular formula is C18H20N2O4. The number of anilines is 1. The van der Waals surface area contributed by atoms with Crippen LogP contribution in [0.4, 0.5) is 5.69 Å². The van der Waals surface area contributed by atoms with Crippen molar-refractivity contribution in [1.29, 1.82) is 0 Å². The Balaban J connectivity index is 2.06. The van der Waals surface area contributed by atoms with Gasteiger partial charge in [-0.1, -0.05) is 18.2 Å². The van der Waals surface area contributed by atoms with E-state index in [1.807, 2.05) is 0 Å². The molecule has 6 nitrogen and oxygen atoms in total. The molecule has 126 valence electrons. The van der Waals surface area contributed by atoms with Gasteiger partial charge in [-0.05, 0) is 24.3 Å². The predicted octanol–water partition coefficient (Wildman–Crippen LogP) is 2.41. The fourth-order valence-corrected chi connectivity index (χ4v) is 1.97. The van der Waals surface area contributed by atoms with Crippen molar-refractivity contribution in [1.82, 2.24) is 4.90 Å². The number of ether oxygens (including phenoxy) is 2. The second-order valence-electron chi connectivity index (χ2n) is 5.26. The number of nitrogens with one attached hydrogen (secondary N) is 1. The average molecular weight is 328 g/mol. The zero-order valence-corrected chi connectivity index (χ0v) is 13.9. The van der Waals surface area contributed by atoms with Crippen molar-refractivity contribution in [2.24, 2.45) is 0 Å². The number of nitrogens with zero attached hydrogens (tertiary/aromatic N) is 1. The summed E-state index contributed by atoms with van der Waals surface area (Å²) in [6.07, 6.45) is 0. The molecule has 24 heavy (non-hydrogen) atoms. The zero-order valence-electron chi connectivity index (χ0n) is 13.9. The lowest BCUT2D eigenvalue weighted by Crippen LogP contribution is -2.27. The maximum atomic E-state index is 12.4. The molecule has 0 aliphatic heterocycles. The zero-order chi connectivity index (χ0) is 17.5. The van der Waals surface area contributed by atoms with Crippen LogP contribution in [0.15, 0.2) is 48.5 Å². The van der Waals surface area contributed by atoms with Crippen molar-refractivity contribution >= 4 is 17.5 Å². The van der Waals surface area contributed by atoms with Gasteiger partial charge in [0.05, 0.1) is 12.7 Å². The second kappa shape index (κ2) is 8.01. The summed E-state index contributed by atoms with van der Waals surface area (Å²) in [4.78, 5) is 25.4. The lowest BCUT2D eigenvalue weighted by Gasteiger charge is -2.12. The van der Waals surface area contributed by atoms with Gasteiger partial charge in [-0.3, -0.25) is 9.59 Å². The van der Waals surface area contributed by atoms with Gasteiger partial charge < -0.3 is 19.7 Å². The number of hydrogen-bond donors (Lipinski definition) is 1.